The average Bonchev–Trinajstić information content (AvgIpc) is 2.01. The molecule has 0 aromatic rings. The van der Waals surface area contributed by atoms with E-state index in [9.17, 15) is 10.0 Å². The summed E-state index contributed by atoms with van der Waals surface area (Å²) < 4.78 is 5.21. The van der Waals surface area contributed by atoms with E-state index < -0.39 is 11.6 Å². The van der Waals surface area contributed by atoms with Gasteiger partial charge in [-0.05, 0) is 40.0 Å². The van der Waals surface area contributed by atoms with Gasteiger partial charge in [-0.3, -0.25) is 4.79 Å². The summed E-state index contributed by atoms with van der Waals surface area (Å²) in [6, 6.07) is -0.469. The first-order valence-corrected chi connectivity index (χ1v) is 5.08. The van der Waals surface area contributed by atoms with Crippen molar-refractivity contribution in [2.45, 2.75) is 51.7 Å². The van der Waals surface area contributed by atoms with Crippen LogP contribution in [0.4, 0.5) is 0 Å². The summed E-state index contributed by atoms with van der Waals surface area (Å²) in [6.07, 6.45) is 2.60. The summed E-state index contributed by atoms with van der Waals surface area (Å²) >= 11 is 0. The van der Waals surface area contributed by atoms with Gasteiger partial charge in [0.25, 0.3) is 0 Å². The fourth-order valence-corrected chi connectivity index (χ4v) is 1.53. The van der Waals surface area contributed by atoms with Crippen molar-refractivity contribution in [3.63, 3.8) is 0 Å². The molecule has 1 rings (SSSR count). The zero-order chi connectivity index (χ0) is 10.8. The number of rotatable bonds is 1. The van der Waals surface area contributed by atoms with E-state index in [1.165, 1.54) is 0 Å². The summed E-state index contributed by atoms with van der Waals surface area (Å²) in [7, 11) is 0. The van der Waals surface area contributed by atoms with Crippen LogP contribution >= 0.6 is 0 Å². The predicted molar refractivity (Wildman–Crippen MR) is 52.0 cm³/mol. The van der Waals surface area contributed by atoms with Crippen molar-refractivity contribution in [1.29, 1.82) is 0 Å². The Labute approximate surface area is 84.8 Å². The molecule has 0 saturated carbocycles. The van der Waals surface area contributed by atoms with Gasteiger partial charge in [0.05, 0.1) is 0 Å². The van der Waals surface area contributed by atoms with Crippen LogP contribution in [-0.4, -0.2) is 34.4 Å². The smallest absolute Gasteiger partial charge is 0.326 e. The van der Waals surface area contributed by atoms with Gasteiger partial charge in [-0.25, -0.2) is 0 Å². The highest BCUT2D eigenvalue weighted by atomic mass is 16.6. The molecule has 1 saturated heterocycles. The quantitative estimate of drug-likeness (QED) is 0.654. The maximum Gasteiger partial charge on any atom is 0.326 e. The van der Waals surface area contributed by atoms with Crippen LogP contribution < -0.4 is 0 Å². The van der Waals surface area contributed by atoms with Gasteiger partial charge < -0.3 is 9.94 Å². The molecule has 82 valence electrons. The molecule has 4 nitrogen and oxygen atoms in total. The third-order valence-electron chi connectivity index (χ3n) is 2.15. The fraction of sp³-hybridized carbons (Fsp3) is 0.900. The van der Waals surface area contributed by atoms with E-state index in [1.807, 2.05) is 20.8 Å². The van der Waals surface area contributed by atoms with Crippen molar-refractivity contribution in [3.05, 3.63) is 0 Å². The second kappa shape index (κ2) is 4.28. The van der Waals surface area contributed by atoms with Crippen LogP contribution in [-0.2, 0) is 9.53 Å². The van der Waals surface area contributed by atoms with Gasteiger partial charge in [0.15, 0.2) is 0 Å². The normalized spacial score (nSPS) is 24.7. The Hall–Kier alpha value is -0.610. The molecule has 0 aliphatic carbocycles. The van der Waals surface area contributed by atoms with Crippen LogP contribution in [0, 0.1) is 0 Å². The highest BCUT2D eigenvalue weighted by Crippen LogP contribution is 2.18. The number of esters is 1. The Balaban J connectivity index is 2.50. The SMILES string of the molecule is CC(C)(C)OC(=O)C1CCCCN1O. The summed E-state index contributed by atoms with van der Waals surface area (Å²) in [5.74, 6) is -0.320. The maximum absolute atomic E-state index is 11.6. The lowest BCUT2D eigenvalue weighted by Crippen LogP contribution is -2.45. The molecule has 0 aromatic carbocycles. The van der Waals surface area contributed by atoms with E-state index in [-0.39, 0.29) is 5.97 Å². The molecule has 0 bridgehead atoms. The van der Waals surface area contributed by atoms with Crippen LogP contribution in [0.25, 0.3) is 0 Å². The van der Waals surface area contributed by atoms with Gasteiger partial charge >= 0.3 is 5.97 Å². The van der Waals surface area contributed by atoms with Crippen LogP contribution in [0.2, 0.25) is 0 Å². The van der Waals surface area contributed by atoms with Crippen molar-refractivity contribution in [3.8, 4) is 0 Å². The van der Waals surface area contributed by atoms with E-state index in [0.29, 0.717) is 13.0 Å². The van der Waals surface area contributed by atoms with Gasteiger partial charge in [0.2, 0.25) is 0 Å². The third-order valence-corrected chi connectivity index (χ3v) is 2.15. The molecule has 0 aromatic heterocycles. The van der Waals surface area contributed by atoms with E-state index >= 15 is 0 Å². The first-order valence-electron chi connectivity index (χ1n) is 5.08. The first kappa shape index (κ1) is 11.5. The van der Waals surface area contributed by atoms with Gasteiger partial charge in [-0.2, -0.15) is 5.06 Å². The molecule has 1 heterocycles. The van der Waals surface area contributed by atoms with Gasteiger partial charge in [-0.1, -0.05) is 0 Å². The number of piperidine rings is 1. The fourth-order valence-electron chi connectivity index (χ4n) is 1.53. The number of carbonyl (C=O) groups is 1. The number of hydroxylamine groups is 2. The van der Waals surface area contributed by atoms with Gasteiger partial charge in [-0.15, -0.1) is 0 Å². The lowest BCUT2D eigenvalue weighted by molar-refractivity contribution is -0.189. The standard InChI is InChI=1S/C10H19NO3/c1-10(2,3)14-9(12)8-6-4-5-7-11(8)13/h8,13H,4-7H2,1-3H3. The van der Waals surface area contributed by atoms with E-state index in [0.717, 1.165) is 17.9 Å². The second-order valence-electron chi connectivity index (χ2n) is 4.71. The number of nitrogens with zero attached hydrogens (tertiary/aromatic N) is 1. The van der Waals surface area contributed by atoms with Crippen molar-refractivity contribution in [2.24, 2.45) is 0 Å². The summed E-state index contributed by atoms with van der Waals surface area (Å²) in [5, 5.41) is 10.6. The zero-order valence-electron chi connectivity index (χ0n) is 9.12. The minimum Gasteiger partial charge on any atom is -0.459 e. The molecule has 1 fully saturated rings. The topological polar surface area (TPSA) is 49.8 Å². The predicted octanol–water partition coefficient (Wildman–Crippen LogP) is 1.57. The Morgan fingerprint density at radius 2 is 2.07 bits per heavy atom. The van der Waals surface area contributed by atoms with Crippen molar-refractivity contribution < 1.29 is 14.7 Å². The minimum absolute atomic E-state index is 0.320. The molecule has 1 aliphatic heterocycles. The molecule has 1 unspecified atom stereocenters. The highest BCUT2D eigenvalue weighted by molar-refractivity contribution is 5.76. The molecule has 0 radical (unpaired) electrons. The van der Waals surface area contributed by atoms with Crippen LogP contribution in [0.3, 0.4) is 0 Å². The Kier molecular flexibility index (Phi) is 3.50. The van der Waals surface area contributed by atoms with Crippen molar-refractivity contribution >= 4 is 5.97 Å². The average molecular weight is 201 g/mol. The van der Waals surface area contributed by atoms with E-state index in [2.05, 4.69) is 0 Å². The van der Waals surface area contributed by atoms with Crippen molar-refractivity contribution in [2.75, 3.05) is 6.54 Å². The highest BCUT2D eigenvalue weighted by Gasteiger charge is 2.31. The first-order chi connectivity index (χ1) is 6.40. The van der Waals surface area contributed by atoms with E-state index in [1.54, 1.807) is 0 Å². The number of carbonyl (C=O) groups excluding carboxylic acids is 1. The molecule has 1 atom stereocenters. The monoisotopic (exact) mass is 201 g/mol. The van der Waals surface area contributed by atoms with Gasteiger partial charge in [0.1, 0.15) is 11.6 Å². The maximum atomic E-state index is 11.6. The molecule has 0 amide bonds. The molecule has 4 heteroatoms. The molecule has 14 heavy (non-hydrogen) atoms. The lowest BCUT2D eigenvalue weighted by Gasteiger charge is -2.31. The van der Waals surface area contributed by atoms with Gasteiger partial charge in [0, 0.05) is 6.54 Å². The Morgan fingerprint density at radius 1 is 1.43 bits per heavy atom. The molecular weight excluding hydrogens is 182 g/mol. The largest absolute Gasteiger partial charge is 0.459 e. The molecule has 0 spiro atoms. The molecule has 1 aliphatic rings. The number of hydrogen-bond donors (Lipinski definition) is 1. The lowest BCUT2D eigenvalue weighted by atomic mass is 10.0. The van der Waals surface area contributed by atoms with Crippen LogP contribution in [0.5, 0.6) is 0 Å². The number of hydrogen-bond acceptors (Lipinski definition) is 4. The van der Waals surface area contributed by atoms with E-state index in [4.69, 9.17) is 4.74 Å². The van der Waals surface area contributed by atoms with Crippen molar-refractivity contribution in [1.82, 2.24) is 5.06 Å². The summed E-state index contributed by atoms with van der Waals surface area (Å²) in [6.45, 7) is 6.05. The summed E-state index contributed by atoms with van der Waals surface area (Å²) in [4.78, 5) is 11.6. The second-order valence-corrected chi connectivity index (χ2v) is 4.71. The Bertz CT molecular complexity index is 210. The zero-order valence-corrected chi connectivity index (χ0v) is 9.12. The Morgan fingerprint density at radius 3 is 2.57 bits per heavy atom. The minimum atomic E-state index is -0.477. The molecular formula is C10H19NO3. The van der Waals surface area contributed by atoms with Crippen LogP contribution in [0.1, 0.15) is 40.0 Å². The number of ether oxygens (including phenoxy) is 1. The van der Waals surface area contributed by atoms with Crippen LogP contribution in [0.15, 0.2) is 0 Å². The molecule has 1 N–H and O–H groups in total. The summed E-state index contributed by atoms with van der Waals surface area (Å²) in [5.41, 5.74) is -0.477. The third kappa shape index (κ3) is 3.27.